The lowest BCUT2D eigenvalue weighted by Crippen LogP contribution is -2.10. The minimum atomic E-state index is -0.900. The van der Waals surface area contributed by atoms with Gasteiger partial charge in [0.2, 0.25) is 0 Å². The van der Waals surface area contributed by atoms with E-state index in [1.807, 2.05) is 12.1 Å². The molecule has 146 valence electrons. The van der Waals surface area contributed by atoms with Crippen LogP contribution in [0, 0.1) is 0 Å². The van der Waals surface area contributed by atoms with Crippen LogP contribution in [0.4, 0.5) is 0 Å². The molecule has 0 bridgehead atoms. The van der Waals surface area contributed by atoms with Crippen LogP contribution in [-0.2, 0) is 22.4 Å². The van der Waals surface area contributed by atoms with E-state index in [1.165, 1.54) is 0 Å². The SMILES string of the molecule is O=C(O)Cc1c[nH]c2ccc(OBOc3ccc4[nH]cc(CC(=O)O)c4c3)cc12. The Morgan fingerprint density at radius 2 is 1.24 bits per heavy atom. The van der Waals surface area contributed by atoms with Crippen molar-refractivity contribution < 1.29 is 29.1 Å². The molecule has 0 aliphatic heterocycles. The molecule has 4 N–H and O–H groups in total. The minimum Gasteiger partial charge on any atom is -0.529 e. The zero-order valence-electron chi connectivity index (χ0n) is 15.3. The fraction of sp³-hybridized carbons (Fsp3) is 0.100. The maximum Gasteiger partial charge on any atom is 0.576 e. The third-order valence-electron chi connectivity index (χ3n) is 4.61. The smallest absolute Gasteiger partial charge is 0.529 e. The number of carboxylic acids is 2. The maximum atomic E-state index is 11.0. The molecular formula is C20H17BN2O6. The summed E-state index contributed by atoms with van der Waals surface area (Å²) in [4.78, 5) is 28.0. The molecule has 0 saturated carbocycles. The van der Waals surface area contributed by atoms with E-state index in [4.69, 9.17) is 19.5 Å². The second-order valence-corrected chi connectivity index (χ2v) is 6.59. The molecule has 0 aliphatic rings. The highest BCUT2D eigenvalue weighted by atomic mass is 16.6. The summed E-state index contributed by atoms with van der Waals surface area (Å²) in [6.07, 6.45) is 3.21. The number of carboxylic acid groups (broad SMARTS) is 2. The van der Waals surface area contributed by atoms with Crippen molar-refractivity contribution in [3.8, 4) is 11.5 Å². The minimum absolute atomic E-state index is 0.0472. The number of rotatable bonds is 8. The van der Waals surface area contributed by atoms with Gasteiger partial charge in [-0.05, 0) is 47.5 Å². The van der Waals surface area contributed by atoms with Gasteiger partial charge in [0.05, 0.1) is 12.8 Å². The van der Waals surface area contributed by atoms with Gasteiger partial charge in [-0.15, -0.1) is 0 Å². The molecule has 0 radical (unpaired) electrons. The van der Waals surface area contributed by atoms with Gasteiger partial charge in [0.1, 0.15) is 11.5 Å². The lowest BCUT2D eigenvalue weighted by atomic mass is 10.1. The quantitative estimate of drug-likeness (QED) is 0.342. The molecule has 0 spiro atoms. The molecule has 0 saturated heterocycles. The van der Waals surface area contributed by atoms with Crippen molar-refractivity contribution in [3.05, 3.63) is 59.9 Å². The summed E-state index contributed by atoms with van der Waals surface area (Å²) in [5.74, 6) is -0.693. The van der Waals surface area contributed by atoms with Gasteiger partial charge in [0.25, 0.3) is 0 Å². The van der Waals surface area contributed by atoms with E-state index < -0.39 is 11.9 Å². The molecule has 2 heterocycles. The van der Waals surface area contributed by atoms with Crippen molar-refractivity contribution in [2.24, 2.45) is 0 Å². The van der Waals surface area contributed by atoms with Crippen LogP contribution in [0.25, 0.3) is 21.8 Å². The average Bonchev–Trinajstić information content (AvgIpc) is 3.25. The Kier molecular flexibility index (Phi) is 4.86. The summed E-state index contributed by atoms with van der Waals surface area (Å²) in [6.45, 7) is 0. The van der Waals surface area contributed by atoms with Crippen molar-refractivity contribution in [2.75, 3.05) is 0 Å². The normalized spacial score (nSPS) is 10.9. The predicted octanol–water partition coefficient (Wildman–Crippen LogP) is 2.63. The molecule has 2 aromatic carbocycles. The van der Waals surface area contributed by atoms with Crippen LogP contribution in [0.5, 0.6) is 11.5 Å². The Hall–Kier alpha value is -3.88. The molecule has 0 amide bonds. The van der Waals surface area contributed by atoms with Crippen molar-refractivity contribution >= 4 is 41.4 Å². The number of aromatic nitrogens is 2. The van der Waals surface area contributed by atoms with E-state index in [-0.39, 0.29) is 20.5 Å². The van der Waals surface area contributed by atoms with E-state index in [1.54, 1.807) is 36.7 Å². The van der Waals surface area contributed by atoms with E-state index in [0.29, 0.717) is 22.6 Å². The summed E-state index contributed by atoms with van der Waals surface area (Å²) in [5, 5.41) is 19.6. The standard InChI is InChI=1S/C20H17BN2O6/c24-19(25)5-11-9-22-17-3-1-13(7-15(11)17)28-21-29-14-2-4-18-16(8-14)12(10-23-18)6-20(26)27/h1-4,7-10,21-23H,5-6H2,(H,24,25)(H,26,27). The molecule has 0 fully saturated rings. The predicted molar refractivity (Wildman–Crippen MR) is 108 cm³/mol. The lowest BCUT2D eigenvalue weighted by Gasteiger charge is -2.08. The van der Waals surface area contributed by atoms with E-state index in [9.17, 15) is 9.59 Å². The van der Waals surface area contributed by atoms with Crippen molar-refractivity contribution in [2.45, 2.75) is 12.8 Å². The molecule has 9 heteroatoms. The highest BCUT2D eigenvalue weighted by molar-refractivity contribution is 6.21. The number of fused-ring (bicyclic) bond motifs is 2. The first-order valence-corrected chi connectivity index (χ1v) is 8.89. The number of aliphatic carboxylic acids is 2. The van der Waals surface area contributed by atoms with Crippen LogP contribution in [0.15, 0.2) is 48.8 Å². The third-order valence-corrected chi connectivity index (χ3v) is 4.61. The van der Waals surface area contributed by atoms with Crippen LogP contribution in [0.3, 0.4) is 0 Å². The monoisotopic (exact) mass is 392 g/mol. The maximum absolute atomic E-state index is 11.0. The summed E-state index contributed by atoms with van der Waals surface area (Å²) in [7, 11) is -0.0472. The van der Waals surface area contributed by atoms with Gasteiger partial charge >= 0.3 is 19.6 Å². The number of H-pyrrole nitrogens is 2. The lowest BCUT2D eigenvalue weighted by molar-refractivity contribution is -0.137. The van der Waals surface area contributed by atoms with Gasteiger partial charge in [0.15, 0.2) is 0 Å². The molecule has 4 rings (SSSR count). The molecule has 2 aromatic heterocycles. The Balaban J connectivity index is 1.45. The van der Waals surface area contributed by atoms with Gasteiger partial charge in [-0.3, -0.25) is 9.59 Å². The number of nitrogens with one attached hydrogen (secondary N) is 2. The summed E-state index contributed by atoms with van der Waals surface area (Å²) in [5.41, 5.74) is 3.03. The fourth-order valence-electron chi connectivity index (χ4n) is 3.28. The number of carbonyl (C=O) groups is 2. The molecular weight excluding hydrogens is 375 g/mol. The molecule has 0 unspecified atom stereocenters. The second kappa shape index (κ2) is 7.63. The van der Waals surface area contributed by atoms with Crippen molar-refractivity contribution in [1.29, 1.82) is 0 Å². The Morgan fingerprint density at radius 3 is 1.66 bits per heavy atom. The highest BCUT2D eigenvalue weighted by Gasteiger charge is 2.11. The Labute approximate surface area is 165 Å². The van der Waals surface area contributed by atoms with E-state index in [0.717, 1.165) is 21.8 Å². The Morgan fingerprint density at radius 1 is 0.793 bits per heavy atom. The Bertz CT molecular complexity index is 1120. The van der Waals surface area contributed by atoms with Crippen LogP contribution < -0.4 is 9.31 Å². The highest BCUT2D eigenvalue weighted by Crippen LogP contribution is 2.26. The zero-order chi connectivity index (χ0) is 20.4. The first-order valence-electron chi connectivity index (χ1n) is 8.89. The van der Waals surface area contributed by atoms with Crippen LogP contribution >= 0.6 is 0 Å². The first-order chi connectivity index (χ1) is 14.0. The number of hydrogen-bond acceptors (Lipinski definition) is 4. The van der Waals surface area contributed by atoms with Crippen LogP contribution in [-0.4, -0.2) is 39.8 Å². The largest absolute Gasteiger partial charge is 0.576 e. The van der Waals surface area contributed by atoms with Gasteiger partial charge in [-0.1, -0.05) is 0 Å². The van der Waals surface area contributed by atoms with Gasteiger partial charge < -0.3 is 29.5 Å². The summed E-state index contributed by atoms with van der Waals surface area (Å²) in [6, 6.07) is 10.7. The molecule has 29 heavy (non-hydrogen) atoms. The molecule has 0 atom stereocenters. The first kappa shape index (κ1) is 18.5. The summed E-state index contributed by atoms with van der Waals surface area (Å²) >= 11 is 0. The summed E-state index contributed by atoms with van der Waals surface area (Å²) < 4.78 is 11.3. The third kappa shape index (κ3) is 4.03. The van der Waals surface area contributed by atoms with Crippen LogP contribution in [0.1, 0.15) is 11.1 Å². The molecule has 4 aromatic rings. The van der Waals surface area contributed by atoms with Gasteiger partial charge in [-0.2, -0.15) is 0 Å². The second-order valence-electron chi connectivity index (χ2n) is 6.59. The van der Waals surface area contributed by atoms with E-state index >= 15 is 0 Å². The fourth-order valence-corrected chi connectivity index (χ4v) is 3.28. The number of hydrogen-bond donors (Lipinski definition) is 4. The molecule has 8 nitrogen and oxygen atoms in total. The average molecular weight is 392 g/mol. The van der Waals surface area contributed by atoms with Crippen LogP contribution in [0.2, 0.25) is 0 Å². The van der Waals surface area contributed by atoms with Gasteiger partial charge in [0, 0.05) is 34.2 Å². The van der Waals surface area contributed by atoms with Gasteiger partial charge in [-0.25, -0.2) is 0 Å². The van der Waals surface area contributed by atoms with Crippen molar-refractivity contribution in [1.82, 2.24) is 9.97 Å². The number of benzene rings is 2. The number of aromatic amines is 2. The molecule has 0 aliphatic carbocycles. The topological polar surface area (TPSA) is 125 Å². The zero-order valence-corrected chi connectivity index (χ0v) is 15.3. The van der Waals surface area contributed by atoms with E-state index in [2.05, 4.69) is 9.97 Å². The van der Waals surface area contributed by atoms with Crippen molar-refractivity contribution in [3.63, 3.8) is 0 Å².